The molecule has 0 spiro atoms. The number of aromatic amines is 1. The van der Waals surface area contributed by atoms with E-state index < -0.39 is 12.1 Å². The number of fused-ring (bicyclic) bond motifs is 2. The van der Waals surface area contributed by atoms with Crippen molar-refractivity contribution in [3.05, 3.63) is 48.1 Å². The summed E-state index contributed by atoms with van der Waals surface area (Å²) in [5.74, 6) is -0.0168. The van der Waals surface area contributed by atoms with Gasteiger partial charge in [-0.15, -0.1) is 0 Å². The summed E-state index contributed by atoms with van der Waals surface area (Å²) >= 11 is 0. The molecule has 6 rings (SSSR count). The molecule has 0 amide bonds. The number of aliphatic hydroxyl groups is 1. The van der Waals surface area contributed by atoms with Crippen molar-refractivity contribution in [1.29, 1.82) is 5.26 Å². The molecule has 12 heteroatoms. The van der Waals surface area contributed by atoms with Gasteiger partial charge in [-0.25, -0.2) is 4.39 Å². The molecule has 0 radical (unpaired) electrons. The topological polar surface area (TPSA) is 121 Å². The summed E-state index contributed by atoms with van der Waals surface area (Å²) in [6.45, 7) is 7.60. The maximum Gasteiger partial charge on any atom is 0.318 e. The van der Waals surface area contributed by atoms with Crippen LogP contribution in [0.1, 0.15) is 36.9 Å². The van der Waals surface area contributed by atoms with Crippen molar-refractivity contribution in [2.75, 3.05) is 56.2 Å². The lowest BCUT2D eigenvalue weighted by atomic mass is 10.1. The molecule has 3 aromatic rings. The highest BCUT2D eigenvalue weighted by atomic mass is 19.1. The van der Waals surface area contributed by atoms with E-state index in [0.717, 1.165) is 72.4 Å². The third-order valence-corrected chi connectivity index (χ3v) is 8.87. The van der Waals surface area contributed by atoms with Crippen LogP contribution in [0.25, 0.3) is 10.9 Å². The minimum absolute atomic E-state index is 0.147. The second-order valence-electron chi connectivity index (χ2n) is 11.5. The van der Waals surface area contributed by atoms with Crippen molar-refractivity contribution in [2.24, 2.45) is 0 Å². The third-order valence-electron chi connectivity index (χ3n) is 8.87. The van der Waals surface area contributed by atoms with Gasteiger partial charge in [-0.3, -0.25) is 10.00 Å². The third kappa shape index (κ3) is 5.64. The zero-order valence-corrected chi connectivity index (χ0v) is 24.0. The molecular formula is C30H38FN9O2. The van der Waals surface area contributed by atoms with Crippen molar-refractivity contribution in [3.63, 3.8) is 0 Å². The lowest BCUT2D eigenvalue weighted by Crippen LogP contribution is -2.57. The molecule has 11 nitrogen and oxygen atoms in total. The van der Waals surface area contributed by atoms with E-state index >= 15 is 0 Å². The van der Waals surface area contributed by atoms with Gasteiger partial charge in [0.2, 0.25) is 0 Å². The van der Waals surface area contributed by atoms with Crippen LogP contribution in [0.2, 0.25) is 0 Å². The number of aliphatic hydroxyl groups excluding tert-OH is 1. The summed E-state index contributed by atoms with van der Waals surface area (Å²) in [6, 6.07) is 8.68. The Hall–Kier alpha value is -3.79. The molecular weight excluding hydrogens is 537 g/mol. The van der Waals surface area contributed by atoms with Crippen molar-refractivity contribution in [1.82, 2.24) is 30.0 Å². The van der Waals surface area contributed by atoms with Crippen LogP contribution in [-0.2, 0) is 13.0 Å². The summed E-state index contributed by atoms with van der Waals surface area (Å²) in [5, 5.41) is 28.3. The monoisotopic (exact) mass is 575 g/mol. The fourth-order valence-corrected chi connectivity index (χ4v) is 6.56. The minimum Gasteiger partial charge on any atom is -0.462 e. The Kier molecular flexibility index (Phi) is 8.24. The highest BCUT2D eigenvalue weighted by Crippen LogP contribution is 2.34. The number of ether oxygens (including phenoxy) is 1. The number of likely N-dealkylation sites (tertiary alicyclic amines) is 1. The van der Waals surface area contributed by atoms with Crippen LogP contribution in [0.5, 0.6) is 6.01 Å². The molecule has 222 valence electrons. The first-order valence-electron chi connectivity index (χ1n) is 14.7. The van der Waals surface area contributed by atoms with E-state index in [1.165, 1.54) is 0 Å². The zero-order valence-electron chi connectivity index (χ0n) is 24.0. The normalized spacial score (nSPS) is 22.5. The molecule has 1 aromatic carbocycles. The van der Waals surface area contributed by atoms with Gasteiger partial charge < -0.3 is 24.5 Å². The fraction of sp³-hybridized carbons (Fsp3) is 0.533. The molecule has 42 heavy (non-hydrogen) atoms. The van der Waals surface area contributed by atoms with Crippen LogP contribution in [-0.4, -0.2) is 99.8 Å². The SMILES string of the molecule is C=C(F)C(O)N1CCN(c2nc(OC[C@@H]3CCCN3C)nc3c2CCCN(c2cccc4[nH]ncc24)C3)C[C@@H]1CC#N. The van der Waals surface area contributed by atoms with Crippen LogP contribution < -0.4 is 14.5 Å². The number of nitriles is 1. The van der Waals surface area contributed by atoms with E-state index in [0.29, 0.717) is 44.8 Å². The van der Waals surface area contributed by atoms with Gasteiger partial charge in [0.1, 0.15) is 18.3 Å². The second kappa shape index (κ2) is 12.2. The maximum atomic E-state index is 13.9. The number of anilines is 2. The van der Waals surface area contributed by atoms with E-state index in [2.05, 4.69) is 50.7 Å². The summed E-state index contributed by atoms with van der Waals surface area (Å²) in [7, 11) is 2.12. The number of rotatable bonds is 8. The first-order chi connectivity index (χ1) is 20.4. The van der Waals surface area contributed by atoms with E-state index in [4.69, 9.17) is 14.7 Å². The smallest absolute Gasteiger partial charge is 0.318 e. The van der Waals surface area contributed by atoms with Gasteiger partial charge in [-0.2, -0.15) is 20.3 Å². The Balaban J connectivity index is 1.34. The molecule has 0 aliphatic carbocycles. The lowest BCUT2D eigenvalue weighted by Gasteiger charge is -2.43. The quantitative estimate of drug-likeness (QED) is 0.415. The number of hydrogen-bond acceptors (Lipinski definition) is 10. The van der Waals surface area contributed by atoms with Gasteiger partial charge in [0.25, 0.3) is 0 Å². The number of benzene rings is 1. The Morgan fingerprint density at radius 3 is 2.88 bits per heavy atom. The Bertz CT molecular complexity index is 1470. The fourth-order valence-electron chi connectivity index (χ4n) is 6.56. The molecule has 2 aromatic heterocycles. The Morgan fingerprint density at radius 1 is 1.21 bits per heavy atom. The Labute approximate surface area is 245 Å². The zero-order chi connectivity index (χ0) is 29.2. The molecule has 0 saturated carbocycles. The van der Waals surface area contributed by atoms with E-state index in [1.54, 1.807) is 4.90 Å². The van der Waals surface area contributed by atoms with Crippen LogP contribution in [0.15, 0.2) is 36.8 Å². The minimum atomic E-state index is -1.44. The first kappa shape index (κ1) is 28.3. The molecule has 2 fully saturated rings. The van der Waals surface area contributed by atoms with Crippen molar-refractivity contribution >= 4 is 22.4 Å². The summed E-state index contributed by atoms with van der Waals surface area (Å²) in [6.07, 6.45) is 4.51. The van der Waals surface area contributed by atoms with Crippen molar-refractivity contribution in [2.45, 2.75) is 57.0 Å². The summed E-state index contributed by atoms with van der Waals surface area (Å²) in [4.78, 5) is 18.3. The molecule has 5 heterocycles. The largest absolute Gasteiger partial charge is 0.462 e. The summed E-state index contributed by atoms with van der Waals surface area (Å²) in [5.41, 5.74) is 4.09. The van der Waals surface area contributed by atoms with Gasteiger partial charge >= 0.3 is 6.01 Å². The molecule has 1 unspecified atom stereocenters. The number of hydrogen-bond donors (Lipinski definition) is 2. The van der Waals surface area contributed by atoms with Gasteiger partial charge in [-0.05, 0) is 51.4 Å². The van der Waals surface area contributed by atoms with Crippen molar-refractivity contribution < 1.29 is 14.2 Å². The van der Waals surface area contributed by atoms with Gasteiger partial charge in [0.15, 0.2) is 6.23 Å². The number of likely N-dealkylation sites (N-methyl/N-ethyl adjacent to an activating group) is 1. The van der Waals surface area contributed by atoms with E-state index in [-0.39, 0.29) is 12.5 Å². The van der Waals surface area contributed by atoms with Crippen LogP contribution >= 0.6 is 0 Å². The van der Waals surface area contributed by atoms with Crippen LogP contribution in [0.3, 0.4) is 0 Å². The van der Waals surface area contributed by atoms with E-state index in [1.807, 2.05) is 18.3 Å². The number of nitrogens with zero attached hydrogens (tertiary/aromatic N) is 8. The van der Waals surface area contributed by atoms with Gasteiger partial charge in [0, 0.05) is 54.9 Å². The second-order valence-corrected chi connectivity index (χ2v) is 11.5. The number of halogens is 1. The standard InChI is InChI=1S/C30H38FN9O2/c1-20(31)29(41)40-15-14-39(17-21(40)10-11-32)28-23-7-5-13-38(27-9-3-8-25-24(27)16-33-36-25)18-26(23)34-30(35-28)42-19-22-6-4-12-37(22)2/h3,8-9,16,21-22,29,41H,1,4-7,10,12-15,17-19H2,2H3,(H,33,36)/t21-,22-,29?/m0/s1. The predicted molar refractivity (Wildman–Crippen MR) is 158 cm³/mol. The van der Waals surface area contributed by atoms with Crippen LogP contribution in [0, 0.1) is 11.3 Å². The van der Waals surface area contributed by atoms with Gasteiger partial charge in [0.05, 0.1) is 36.4 Å². The highest BCUT2D eigenvalue weighted by molar-refractivity contribution is 5.91. The number of piperazine rings is 1. The van der Waals surface area contributed by atoms with Crippen molar-refractivity contribution in [3.8, 4) is 12.1 Å². The lowest BCUT2D eigenvalue weighted by molar-refractivity contribution is -0.0167. The average Bonchev–Trinajstić information content (AvgIpc) is 3.58. The number of aromatic nitrogens is 4. The van der Waals surface area contributed by atoms with Gasteiger partial charge in [-0.1, -0.05) is 12.6 Å². The molecule has 2 saturated heterocycles. The number of H-pyrrole nitrogens is 1. The van der Waals surface area contributed by atoms with Crippen LogP contribution in [0.4, 0.5) is 15.9 Å². The molecule has 2 N–H and O–H groups in total. The average molecular weight is 576 g/mol. The molecule has 3 aliphatic rings. The summed E-state index contributed by atoms with van der Waals surface area (Å²) < 4.78 is 20.2. The molecule has 3 aliphatic heterocycles. The Morgan fingerprint density at radius 2 is 2.10 bits per heavy atom. The molecule has 3 atom stereocenters. The predicted octanol–water partition coefficient (Wildman–Crippen LogP) is 2.98. The van der Waals surface area contributed by atoms with E-state index in [9.17, 15) is 14.8 Å². The maximum absolute atomic E-state index is 13.9. The molecule has 0 bridgehead atoms. The number of nitrogens with one attached hydrogen (secondary N) is 1. The highest BCUT2D eigenvalue weighted by Gasteiger charge is 2.35. The first-order valence-corrected chi connectivity index (χ1v) is 14.7.